The molecule has 4 aromatic rings. The molecule has 3 amide bonds. The van der Waals surface area contributed by atoms with E-state index in [4.69, 9.17) is 11.6 Å². The number of carbonyl (C=O) groups is 3. The number of carbonyl (C=O) groups excluding carboxylic acids is 3. The predicted molar refractivity (Wildman–Crippen MR) is 123 cm³/mol. The highest BCUT2D eigenvalue weighted by Crippen LogP contribution is 2.36. The highest BCUT2D eigenvalue weighted by molar-refractivity contribution is 6.31. The van der Waals surface area contributed by atoms with Gasteiger partial charge in [0, 0.05) is 29.2 Å². The molecule has 3 N–H and O–H groups in total. The van der Waals surface area contributed by atoms with Crippen LogP contribution in [0.3, 0.4) is 0 Å². The van der Waals surface area contributed by atoms with Crippen LogP contribution >= 0.6 is 11.6 Å². The molecule has 3 heterocycles. The van der Waals surface area contributed by atoms with E-state index in [1.165, 1.54) is 52.7 Å². The van der Waals surface area contributed by atoms with Crippen molar-refractivity contribution in [3.05, 3.63) is 82.4 Å². The summed E-state index contributed by atoms with van der Waals surface area (Å²) in [6.07, 6.45) is 1.46. The minimum Gasteiger partial charge on any atom is -0.352 e. The number of amides is 3. The molecule has 5 rings (SSSR count). The average Bonchev–Trinajstić information content (AvgIpc) is 3.40. The first-order valence-corrected chi connectivity index (χ1v) is 10.8. The van der Waals surface area contributed by atoms with Crippen LogP contribution in [0.25, 0.3) is 10.9 Å². The van der Waals surface area contributed by atoms with Crippen LogP contribution in [0, 0.1) is 11.6 Å². The number of anilines is 1. The van der Waals surface area contributed by atoms with E-state index in [1.807, 2.05) is 0 Å². The molecule has 2 aromatic carbocycles. The van der Waals surface area contributed by atoms with E-state index in [-0.39, 0.29) is 34.5 Å². The van der Waals surface area contributed by atoms with E-state index in [1.54, 1.807) is 6.07 Å². The van der Waals surface area contributed by atoms with Gasteiger partial charge in [-0.25, -0.2) is 18.6 Å². The Bertz CT molecular complexity index is 1530. The van der Waals surface area contributed by atoms with Gasteiger partial charge in [0.2, 0.25) is 11.7 Å². The van der Waals surface area contributed by atoms with Gasteiger partial charge in [0.1, 0.15) is 18.2 Å². The predicted octanol–water partition coefficient (Wildman–Crippen LogP) is 3.43. The summed E-state index contributed by atoms with van der Waals surface area (Å²) in [7, 11) is 1.40. The van der Waals surface area contributed by atoms with Gasteiger partial charge in [-0.3, -0.25) is 19.5 Å². The molecule has 0 aliphatic carbocycles. The molecule has 35 heavy (non-hydrogen) atoms. The van der Waals surface area contributed by atoms with Crippen molar-refractivity contribution in [2.24, 2.45) is 0 Å². The molecule has 1 aliphatic rings. The molecule has 9 nitrogen and oxygen atoms in total. The van der Waals surface area contributed by atoms with Crippen molar-refractivity contribution in [3.8, 4) is 0 Å². The lowest BCUT2D eigenvalue weighted by Gasteiger charge is -2.28. The zero-order valence-corrected chi connectivity index (χ0v) is 18.9. The Hall–Kier alpha value is -4.25. The van der Waals surface area contributed by atoms with Crippen molar-refractivity contribution in [1.29, 1.82) is 0 Å². The molecule has 1 aliphatic heterocycles. The van der Waals surface area contributed by atoms with Crippen molar-refractivity contribution >= 4 is 46.2 Å². The van der Waals surface area contributed by atoms with E-state index in [2.05, 4.69) is 20.9 Å². The standard InChI is InChI=1S/C23H17ClF2N6O3/c1-27-22(34)21-29-20(30-23(35)31-7-6-11-8-12(25)3-5-16(11)31)19-18(28-17(33)10-32(19)21)14-9-13(26)2-4-15(14)24/h2-9,18H,10H2,1H3,(H,27,34)(H,28,33)(H,30,35). The summed E-state index contributed by atoms with van der Waals surface area (Å²) in [6.45, 7) is -0.254. The number of fused-ring (bicyclic) bond motifs is 2. The zero-order chi connectivity index (χ0) is 24.9. The normalized spacial score (nSPS) is 15.0. The number of benzene rings is 2. The Kier molecular flexibility index (Phi) is 5.48. The van der Waals surface area contributed by atoms with Crippen molar-refractivity contribution in [2.75, 3.05) is 12.4 Å². The largest absolute Gasteiger partial charge is 0.352 e. The molecule has 0 saturated carbocycles. The number of hydrogen-bond donors (Lipinski definition) is 3. The molecule has 178 valence electrons. The fourth-order valence-corrected chi connectivity index (χ4v) is 4.35. The molecule has 1 unspecified atom stereocenters. The molecule has 12 heteroatoms. The first-order chi connectivity index (χ1) is 16.8. The molecule has 2 aromatic heterocycles. The molecule has 0 bridgehead atoms. The minimum absolute atomic E-state index is 0.0251. The molecule has 0 spiro atoms. The lowest BCUT2D eigenvalue weighted by Crippen LogP contribution is -2.41. The van der Waals surface area contributed by atoms with Crippen molar-refractivity contribution in [2.45, 2.75) is 12.6 Å². The summed E-state index contributed by atoms with van der Waals surface area (Å²) in [5.41, 5.74) is 0.912. The van der Waals surface area contributed by atoms with Gasteiger partial charge in [-0.1, -0.05) is 11.6 Å². The van der Waals surface area contributed by atoms with E-state index in [9.17, 15) is 23.2 Å². The Balaban J connectivity index is 1.63. The van der Waals surface area contributed by atoms with Gasteiger partial charge in [0.25, 0.3) is 5.91 Å². The number of imidazole rings is 1. The van der Waals surface area contributed by atoms with Gasteiger partial charge in [-0.05, 0) is 42.5 Å². The van der Waals surface area contributed by atoms with E-state index < -0.39 is 35.5 Å². The summed E-state index contributed by atoms with van der Waals surface area (Å²) in [4.78, 5) is 42.5. The van der Waals surface area contributed by atoms with Gasteiger partial charge in [-0.15, -0.1) is 0 Å². The summed E-state index contributed by atoms with van der Waals surface area (Å²) < 4.78 is 30.2. The number of aromatic nitrogens is 3. The molecule has 0 radical (unpaired) electrons. The average molecular weight is 499 g/mol. The maximum absolute atomic E-state index is 14.1. The molecular formula is C23H17ClF2N6O3. The maximum atomic E-state index is 14.1. The molecular weight excluding hydrogens is 482 g/mol. The second-order valence-electron chi connectivity index (χ2n) is 7.82. The summed E-state index contributed by atoms with van der Waals surface area (Å²) >= 11 is 6.31. The van der Waals surface area contributed by atoms with Crippen LogP contribution < -0.4 is 16.0 Å². The van der Waals surface area contributed by atoms with Gasteiger partial charge >= 0.3 is 6.03 Å². The van der Waals surface area contributed by atoms with Crippen LogP contribution in [0.5, 0.6) is 0 Å². The molecule has 0 saturated heterocycles. The van der Waals surface area contributed by atoms with Gasteiger partial charge in [0.15, 0.2) is 5.82 Å². The monoisotopic (exact) mass is 498 g/mol. The maximum Gasteiger partial charge on any atom is 0.331 e. The van der Waals surface area contributed by atoms with Crippen molar-refractivity contribution < 1.29 is 23.2 Å². The third-order valence-corrected chi connectivity index (χ3v) is 6.03. The van der Waals surface area contributed by atoms with E-state index >= 15 is 0 Å². The number of halogens is 3. The SMILES string of the molecule is CNC(=O)c1nc(NC(=O)n2ccc3cc(F)ccc32)c2n1CC(=O)NC2c1cc(F)ccc1Cl. The fraction of sp³-hybridized carbons (Fsp3) is 0.130. The van der Waals surface area contributed by atoms with Gasteiger partial charge in [-0.2, -0.15) is 0 Å². The number of nitrogens with one attached hydrogen (secondary N) is 3. The Morgan fingerprint density at radius 3 is 2.66 bits per heavy atom. The molecule has 1 atom stereocenters. The highest BCUT2D eigenvalue weighted by Gasteiger charge is 2.36. The first kappa shape index (κ1) is 22.5. The van der Waals surface area contributed by atoms with Crippen molar-refractivity contribution in [3.63, 3.8) is 0 Å². The second kappa shape index (κ2) is 8.51. The Morgan fingerprint density at radius 1 is 1.14 bits per heavy atom. The molecule has 0 fully saturated rings. The summed E-state index contributed by atoms with van der Waals surface area (Å²) in [5.74, 6) is -2.22. The number of rotatable bonds is 3. The number of nitrogens with zero attached hydrogens (tertiary/aromatic N) is 3. The summed E-state index contributed by atoms with van der Waals surface area (Å²) in [6, 6.07) is 7.58. The fourth-order valence-electron chi connectivity index (χ4n) is 4.13. The van der Waals surface area contributed by atoms with Crippen LogP contribution in [0.1, 0.15) is 27.9 Å². The van der Waals surface area contributed by atoms with Gasteiger partial charge < -0.3 is 15.2 Å². The van der Waals surface area contributed by atoms with E-state index in [0.29, 0.717) is 10.9 Å². The zero-order valence-electron chi connectivity index (χ0n) is 18.1. The summed E-state index contributed by atoms with van der Waals surface area (Å²) in [5, 5.41) is 8.52. The van der Waals surface area contributed by atoms with Crippen LogP contribution in [-0.4, -0.2) is 39.0 Å². The lowest BCUT2D eigenvalue weighted by atomic mass is 10.0. The third-order valence-electron chi connectivity index (χ3n) is 5.68. The first-order valence-electron chi connectivity index (χ1n) is 10.4. The van der Waals surface area contributed by atoms with Crippen LogP contribution in [0.2, 0.25) is 5.02 Å². The number of hydrogen-bond acceptors (Lipinski definition) is 4. The second-order valence-corrected chi connectivity index (χ2v) is 8.23. The van der Waals surface area contributed by atoms with Crippen LogP contribution in [-0.2, 0) is 11.3 Å². The van der Waals surface area contributed by atoms with Crippen molar-refractivity contribution in [1.82, 2.24) is 24.8 Å². The van der Waals surface area contributed by atoms with Crippen LogP contribution in [0.15, 0.2) is 48.7 Å². The minimum atomic E-state index is -1.00. The lowest BCUT2D eigenvalue weighted by molar-refractivity contribution is -0.123. The smallest absolute Gasteiger partial charge is 0.331 e. The van der Waals surface area contributed by atoms with Gasteiger partial charge in [0.05, 0.1) is 17.3 Å². The van der Waals surface area contributed by atoms with Crippen LogP contribution in [0.4, 0.5) is 19.4 Å². The Morgan fingerprint density at radius 2 is 1.89 bits per heavy atom. The Labute approximate surface area is 201 Å². The van der Waals surface area contributed by atoms with E-state index in [0.717, 1.165) is 6.07 Å². The highest BCUT2D eigenvalue weighted by atomic mass is 35.5. The quantitative estimate of drug-likeness (QED) is 0.402. The topological polar surface area (TPSA) is 110 Å². The third kappa shape index (κ3) is 3.89.